The fourth-order valence-corrected chi connectivity index (χ4v) is 4.74. The van der Waals surface area contributed by atoms with Crippen molar-refractivity contribution in [2.45, 2.75) is 31.6 Å². The largest absolute Gasteiger partial charge is 0.384 e. The summed E-state index contributed by atoms with van der Waals surface area (Å²) < 4.78 is 3.65. The normalized spacial score (nSPS) is 11.1. The van der Waals surface area contributed by atoms with E-state index in [1.165, 1.54) is 16.2 Å². The van der Waals surface area contributed by atoms with Crippen LogP contribution in [0.25, 0.3) is 10.9 Å². The van der Waals surface area contributed by atoms with E-state index in [-0.39, 0.29) is 29.2 Å². The maximum Gasteiger partial charge on any atom is 0.332 e. The minimum absolute atomic E-state index is 0.120. The smallest absolute Gasteiger partial charge is 0.332 e. The number of fused-ring (bicyclic) bond motifs is 1. The van der Waals surface area contributed by atoms with Crippen molar-refractivity contribution >= 4 is 34.3 Å². The lowest BCUT2D eigenvalue weighted by Gasteiger charge is -2.15. The highest BCUT2D eigenvalue weighted by Gasteiger charge is 2.23. The van der Waals surface area contributed by atoms with Crippen LogP contribution in [0.4, 0.5) is 5.82 Å². The predicted octanol–water partition coefficient (Wildman–Crippen LogP) is 2.27. The number of anilines is 1. The van der Waals surface area contributed by atoms with Crippen molar-refractivity contribution in [2.75, 3.05) is 11.5 Å². The van der Waals surface area contributed by atoms with Crippen LogP contribution in [0.2, 0.25) is 0 Å². The third-order valence-corrected chi connectivity index (χ3v) is 6.63. The monoisotopic (exact) mass is 491 g/mol. The van der Waals surface area contributed by atoms with Gasteiger partial charge in [0.2, 0.25) is 0 Å². The number of ketones is 1. The summed E-state index contributed by atoms with van der Waals surface area (Å²) in [6, 6.07) is 16.2. The molecule has 0 fully saturated rings. The van der Waals surface area contributed by atoms with Gasteiger partial charge >= 0.3 is 5.69 Å². The van der Waals surface area contributed by atoms with Gasteiger partial charge in [-0.3, -0.25) is 28.1 Å². The lowest BCUT2D eigenvalue weighted by Crippen LogP contribution is -2.43. The SMILES string of the molecule is CCCn1c(SCC(=O)c2c(N)n(Cc3ccccc3)c(=O)n(C)c2=O)nc2ccccc2c1=O. The van der Waals surface area contributed by atoms with Gasteiger partial charge in [0, 0.05) is 13.6 Å². The van der Waals surface area contributed by atoms with Crippen molar-refractivity contribution in [3.8, 4) is 0 Å². The second-order valence-corrected chi connectivity index (χ2v) is 9.00. The molecule has 35 heavy (non-hydrogen) atoms. The molecule has 2 aromatic heterocycles. The van der Waals surface area contributed by atoms with Crippen LogP contribution >= 0.6 is 11.8 Å². The van der Waals surface area contributed by atoms with Crippen molar-refractivity contribution in [2.24, 2.45) is 7.05 Å². The van der Waals surface area contributed by atoms with Crippen LogP contribution in [0.5, 0.6) is 0 Å². The summed E-state index contributed by atoms with van der Waals surface area (Å²) in [4.78, 5) is 56.3. The Kier molecular flexibility index (Phi) is 7.02. The lowest BCUT2D eigenvalue weighted by molar-refractivity contribution is 0.102. The Morgan fingerprint density at radius 2 is 1.66 bits per heavy atom. The van der Waals surface area contributed by atoms with Gasteiger partial charge in [-0.1, -0.05) is 61.2 Å². The average Bonchev–Trinajstić information content (AvgIpc) is 2.87. The molecule has 2 N–H and O–H groups in total. The summed E-state index contributed by atoms with van der Waals surface area (Å²) in [6.45, 7) is 2.51. The fraction of sp³-hybridized carbons (Fsp3) is 0.240. The molecule has 180 valence electrons. The number of hydrogen-bond acceptors (Lipinski definition) is 7. The molecule has 0 aliphatic rings. The molecule has 0 saturated heterocycles. The van der Waals surface area contributed by atoms with Gasteiger partial charge in [-0.05, 0) is 24.1 Å². The van der Waals surface area contributed by atoms with E-state index in [0.29, 0.717) is 29.0 Å². The molecular formula is C25H25N5O4S. The van der Waals surface area contributed by atoms with E-state index in [1.807, 2.05) is 37.3 Å². The number of nitrogens with two attached hydrogens (primary N) is 1. The van der Waals surface area contributed by atoms with Gasteiger partial charge in [-0.25, -0.2) is 9.78 Å². The lowest BCUT2D eigenvalue weighted by atomic mass is 10.2. The van der Waals surface area contributed by atoms with Crippen LogP contribution in [0.3, 0.4) is 0 Å². The molecule has 0 spiro atoms. The van der Waals surface area contributed by atoms with E-state index in [0.717, 1.165) is 21.9 Å². The fourth-order valence-electron chi connectivity index (χ4n) is 3.85. The molecule has 10 heteroatoms. The zero-order valence-electron chi connectivity index (χ0n) is 19.4. The first kappa shape index (κ1) is 24.2. The van der Waals surface area contributed by atoms with Crippen LogP contribution < -0.4 is 22.5 Å². The number of benzene rings is 2. The Labute approximate surface area is 204 Å². The molecule has 2 aromatic carbocycles. The molecule has 0 unspecified atom stereocenters. The molecule has 4 aromatic rings. The van der Waals surface area contributed by atoms with Gasteiger partial charge in [-0.15, -0.1) is 0 Å². The van der Waals surface area contributed by atoms with Gasteiger partial charge < -0.3 is 5.73 Å². The standard InChI is InChI=1S/C25H25N5O4S/c1-3-13-29-22(32)17-11-7-8-12-18(17)27-24(29)35-15-19(31)20-21(26)30(25(34)28(2)23(20)33)14-16-9-5-4-6-10-16/h4-12H,3,13-15,26H2,1-2H3. The van der Waals surface area contributed by atoms with Crippen LogP contribution in [-0.4, -0.2) is 30.2 Å². The number of aromatic nitrogens is 4. The minimum atomic E-state index is -0.750. The molecule has 4 rings (SSSR count). The molecule has 0 aliphatic heterocycles. The first-order chi connectivity index (χ1) is 16.8. The van der Waals surface area contributed by atoms with E-state index in [2.05, 4.69) is 4.98 Å². The summed E-state index contributed by atoms with van der Waals surface area (Å²) in [6.07, 6.45) is 0.708. The highest BCUT2D eigenvalue weighted by Crippen LogP contribution is 2.20. The predicted molar refractivity (Wildman–Crippen MR) is 137 cm³/mol. The maximum atomic E-state index is 13.2. The summed E-state index contributed by atoms with van der Waals surface area (Å²) in [5.41, 5.74) is 5.75. The number of thioether (sulfide) groups is 1. The quantitative estimate of drug-likeness (QED) is 0.228. The van der Waals surface area contributed by atoms with E-state index in [9.17, 15) is 19.2 Å². The Bertz CT molecular complexity index is 1590. The summed E-state index contributed by atoms with van der Waals surface area (Å²) >= 11 is 1.07. The summed E-state index contributed by atoms with van der Waals surface area (Å²) in [5.74, 6) is -0.886. The van der Waals surface area contributed by atoms with Gasteiger partial charge in [0.15, 0.2) is 10.9 Å². The average molecular weight is 492 g/mol. The number of nitrogens with zero attached hydrogens (tertiary/aromatic N) is 4. The molecule has 9 nitrogen and oxygen atoms in total. The number of carbonyl (C=O) groups is 1. The molecule has 2 heterocycles. The third-order valence-electron chi connectivity index (χ3n) is 5.65. The van der Waals surface area contributed by atoms with Gasteiger partial charge in [-0.2, -0.15) is 0 Å². The van der Waals surface area contributed by atoms with Crippen molar-refractivity contribution in [1.29, 1.82) is 0 Å². The van der Waals surface area contributed by atoms with Crippen LogP contribution in [-0.2, 0) is 20.1 Å². The van der Waals surface area contributed by atoms with Crippen molar-refractivity contribution < 1.29 is 4.79 Å². The number of hydrogen-bond donors (Lipinski definition) is 1. The van der Waals surface area contributed by atoms with Crippen LogP contribution in [0.1, 0.15) is 29.3 Å². The van der Waals surface area contributed by atoms with Crippen molar-refractivity contribution in [3.63, 3.8) is 0 Å². The molecule has 0 bridgehead atoms. The first-order valence-electron chi connectivity index (χ1n) is 11.1. The molecule has 0 aliphatic carbocycles. The van der Waals surface area contributed by atoms with Crippen LogP contribution in [0, 0.1) is 0 Å². The van der Waals surface area contributed by atoms with Gasteiger partial charge in [0.1, 0.15) is 11.4 Å². The van der Waals surface area contributed by atoms with E-state index in [4.69, 9.17) is 5.73 Å². The van der Waals surface area contributed by atoms with Crippen molar-refractivity contribution in [1.82, 2.24) is 18.7 Å². The van der Waals surface area contributed by atoms with Crippen molar-refractivity contribution in [3.05, 3.63) is 96.9 Å². The number of nitrogen functional groups attached to an aromatic ring is 1. The number of Topliss-reactive ketones (excluding diaryl/α,β-unsaturated/α-hetero) is 1. The van der Waals surface area contributed by atoms with Gasteiger partial charge in [0.25, 0.3) is 11.1 Å². The Balaban J connectivity index is 1.70. The first-order valence-corrected chi connectivity index (χ1v) is 12.1. The Morgan fingerprint density at radius 3 is 2.37 bits per heavy atom. The summed E-state index contributed by atoms with van der Waals surface area (Å²) in [5, 5.41) is 0.889. The van der Waals surface area contributed by atoms with E-state index >= 15 is 0 Å². The molecule has 0 amide bonds. The topological polar surface area (TPSA) is 122 Å². The zero-order chi connectivity index (χ0) is 25.1. The highest BCUT2D eigenvalue weighted by atomic mass is 32.2. The number of rotatable bonds is 8. The number of carbonyl (C=O) groups excluding carboxylic acids is 1. The molecule has 0 saturated carbocycles. The molecular weight excluding hydrogens is 466 g/mol. The summed E-state index contributed by atoms with van der Waals surface area (Å²) in [7, 11) is 1.32. The number of para-hydroxylation sites is 1. The zero-order valence-corrected chi connectivity index (χ0v) is 20.2. The maximum absolute atomic E-state index is 13.2. The van der Waals surface area contributed by atoms with E-state index < -0.39 is 17.0 Å². The second-order valence-electron chi connectivity index (χ2n) is 8.06. The molecule has 0 radical (unpaired) electrons. The third kappa shape index (κ3) is 4.69. The minimum Gasteiger partial charge on any atom is -0.384 e. The molecule has 0 atom stereocenters. The second kappa shape index (κ2) is 10.1. The Hall–Kier alpha value is -3.92. The highest BCUT2D eigenvalue weighted by molar-refractivity contribution is 7.99. The van der Waals surface area contributed by atoms with Crippen LogP contribution in [0.15, 0.2) is 74.1 Å². The van der Waals surface area contributed by atoms with Gasteiger partial charge in [0.05, 0.1) is 23.2 Å². The Morgan fingerprint density at radius 1 is 0.971 bits per heavy atom. The van der Waals surface area contributed by atoms with E-state index in [1.54, 1.807) is 24.3 Å².